The van der Waals surface area contributed by atoms with E-state index in [-0.39, 0.29) is 11.8 Å². The average molecular weight is 274 g/mol. The third kappa shape index (κ3) is 4.30. The Balaban J connectivity index is 1.76. The summed E-state index contributed by atoms with van der Waals surface area (Å²) in [5, 5.41) is 12.2. The number of aromatic hydroxyl groups is 1. The molecule has 2 rings (SSSR count). The summed E-state index contributed by atoms with van der Waals surface area (Å²) in [5.74, 6) is 0.803. The van der Waals surface area contributed by atoms with E-state index in [1.165, 1.54) is 0 Å². The lowest BCUT2D eigenvalue weighted by atomic mass is 9.94. The van der Waals surface area contributed by atoms with Crippen molar-refractivity contribution in [3.8, 4) is 5.75 Å². The zero-order valence-corrected chi connectivity index (χ0v) is 11.9. The Morgan fingerprint density at radius 1 is 1.35 bits per heavy atom. The lowest BCUT2D eigenvalue weighted by molar-refractivity contribution is 0.204. The van der Waals surface area contributed by atoms with Crippen LogP contribution >= 0.6 is 0 Å². The Kier molecular flexibility index (Phi) is 5.04. The second kappa shape index (κ2) is 6.98. The van der Waals surface area contributed by atoms with Gasteiger partial charge in [0.15, 0.2) is 0 Å². The number of allylic oxidation sites excluding steroid dienone is 2. The van der Waals surface area contributed by atoms with E-state index < -0.39 is 0 Å². The van der Waals surface area contributed by atoms with Gasteiger partial charge in [0, 0.05) is 20.1 Å². The summed E-state index contributed by atoms with van der Waals surface area (Å²) in [4.78, 5) is 13.7. The summed E-state index contributed by atoms with van der Waals surface area (Å²) < 4.78 is 0. The Hall–Kier alpha value is -1.97. The topological polar surface area (TPSA) is 52.6 Å². The van der Waals surface area contributed by atoms with Crippen molar-refractivity contribution in [3.63, 3.8) is 0 Å². The molecule has 1 unspecified atom stereocenters. The molecule has 0 heterocycles. The molecule has 0 bridgehead atoms. The maximum atomic E-state index is 12.0. The van der Waals surface area contributed by atoms with Crippen LogP contribution in [0.5, 0.6) is 5.75 Å². The second-order valence-corrected chi connectivity index (χ2v) is 5.36. The summed E-state index contributed by atoms with van der Waals surface area (Å²) in [6.07, 6.45) is 7.72. The fourth-order valence-corrected chi connectivity index (χ4v) is 2.36. The van der Waals surface area contributed by atoms with E-state index >= 15 is 0 Å². The Morgan fingerprint density at radius 3 is 2.75 bits per heavy atom. The zero-order chi connectivity index (χ0) is 14.4. The fraction of sp³-hybridized carbons (Fsp3) is 0.438. The van der Waals surface area contributed by atoms with Gasteiger partial charge in [0.25, 0.3) is 0 Å². The molecule has 4 heteroatoms. The van der Waals surface area contributed by atoms with E-state index in [2.05, 4.69) is 17.5 Å². The molecule has 1 aromatic carbocycles. The highest BCUT2D eigenvalue weighted by Gasteiger charge is 2.13. The van der Waals surface area contributed by atoms with Gasteiger partial charge in [-0.15, -0.1) is 0 Å². The minimum absolute atomic E-state index is 0.0485. The Morgan fingerprint density at radius 2 is 2.10 bits per heavy atom. The van der Waals surface area contributed by atoms with Crippen LogP contribution in [0.3, 0.4) is 0 Å². The predicted molar refractivity (Wildman–Crippen MR) is 79.5 cm³/mol. The molecule has 2 amide bonds. The van der Waals surface area contributed by atoms with E-state index in [4.69, 9.17) is 0 Å². The molecule has 1 aliphatic rings. The Labute approximate surface area is 120 Å². The number of rotatable bonds is 4. The van der Waals surface area contributed by atoms with Crippen LogP contribution in [0.1, 0.15) is 24.8 Å². The predicted octanol–water partition coefficient (Wildman–Crippen LogP) is 2.89. The van der Waals surface area contributed by atoms with Gasteiger partial charge in [-0.05, 0) is 42.9 Å². The molecule has 4 nitrogen and oxygen atoms in total. The van der Waals surface area contributed by atoms with Crippen molar-refractivity contribution in [1.82, 2.24) is 10.2 Å². The lowest BCUT2D eigenvalue weighted by Crippen LogP contribution is -2.39. The summed E-state index contributed by atoms with van der Waals surface area (Å²) in [5.41, 5.74) is 1.00. The van der Waals surface area contributed by atoms with Crippen LogP contribution < -0.4 is 5.32 Å². The van der Waals surface area contributed by atoms with Crippen LogP contribution in [-0.4, -0.2) is 29.6 Å². The van der Waals surface area contributed by atoms with Gasteiger partial charge >= 0.3 is 6.03 Å². The quantitative estimate of drug-likeness (QED) is 0.829. The third-order valence-electron chi connectivity index (χ3n) is 3.62. The fourth-order valence-electron chi connectivity index (χ4n) is 2.36. The van der Waals surface area contributed by atoms with Crippen LogP contribution in [0.25, 0.3) is 0 Å². The smallest absolute Gasteiger partial charge is 0.317 e. The highest BCUT2D eigenvalue weighted by Crippen LogP contribution is 2.17. The molecule has 0 aliphatic heterocycles. The van der Waals surface area contributed by atoms with E-state index in [1.54, 1.807) is 24.1 Å². The number of hydrogen-bond donors (Lipinski definition) is 2. The summed E-state index contributed by atoms with van der Waals surface area (Å²) >= 11 is 0. The number of hydrogen-bond acceptors (Lipinski definition) is 2. The van der Waals surface area contributed by atoms with E-state index in [9.17, 15) is 9.90 Å². The number of carbonyl (C=O) groups is 1. The standard InChI is InChI=1S/C16H22N2O2/c1-18(12-14-7-9-15(19)10-8-14)16(20)17-11-13-5-3-2-4-6-13/h2-3,7-10,13,19H,4-6,11-12H2,1H3,(H,17,20). The van der Waals surface area contributed by atoms with Crippen molar-refractivity contribution in [2.45, 2.75) is 25.8 Å². The number of nitrogens with one attached hydrogen (secondary N) is 1. The van der Waals surface area contributed by atoms with Gasteiger partial charge in [-0.3, -0.25) is 0 Å². The number of urea groups is 1. The van der Waals surface area contributed by atoms with Crippen molar-refractivity contribution in [3.05, 3.63) is 42.0 Å². The maximum Gasteiger partial charge on any atom is 0.317 e. The van der Waals surface area contributed by atoms with Gasteiger partial charge in [-0.25, -0.2) is 4.79 Å². The van der Waals surface area contributed by atoms with E-state index in [1.807, 2.05) is 12.1 Å². The van der Waals surface area contributed by atoms with Gasteiger partial charge < -0.3 is 15.3 Å². The first-order chi connectivity index (χ1) is 9.65. The molecule has 0 radical (unpaired) electrons. The first kappa shape index (κ1) is 14.4. The molecule has 20 heavy (non-hydrogen) atoms. The molecule has 2 N–H and O–H groups in total. The zero-order valence-electron chi connectivity index (χ0n) is 11.9. The number of phenolic OH excluding ortho intramolecular Hbond substituents is 1. The van der Waals surface area contributed by atoms with Crippen LogP contribution in [0, 0.1) is 5.92 Å². The largest absolute Gasteiger partial charge is 0.508 e. The average Bonchev–Trinajstić information content (AvgIpc) is 2.48. The van der Waals surface area contributed by atoms with Gasteiger partial charge in [0.1, 0.15) is 5.75 Å². The van der Waals surface area contributed by atoms with Crippen molar-refractivity contribution >= 4 is 6.03 Å². The molecule has 0 spiro atoms. The van der Waals surface area contributed by atoms with Gasteiger partial charge in [0.05, 0.1) is 0 Å². The van der Waals surface area contributed by atoms with Crippen LogP contribution in [-0.2, 0) is 6.54 Å². The molecular weight excluding hydrogens is 252 g/mol. The number of nitrogens with zero attached hydrogens (tertiary/aromatic N) is 1. The number of amides is 2. The van der Waals surface area contributed by atoms with Crippen molar-refractivity contribution in [2.75, 3.05) is 13.6 Å². The molecule has 0 saturated carbocycles. The lowest BCUT2D eigenvalue weighted by Gasteiger charge is -2.22. The van der Waals surface area contributed by atoms with E-state index in [0.717, 1.165) is 31.4 Å². The molecule has 0 saturated heterocycles. The molecule has 1 aliphatic carbocycles. The van der Waals surface area contributed by atoms with E-state index in [0.29, 0.717) is 12.5 Å². The van der Waals surface area contributed by atoms with Gasteiger partial charge in [-0.2, -0.15) is 0 Å². The number of benzene rings is 1. The van der Waals surface area contributed by atoms with Crippen LogP contribution in [0.15, 0.2) is 36.4 Å². The van der Waals surface area contributed by atoms with Crippen molar-refractivity contribution < 1.29 is 9.90 Å². The monoisotopic (exact) mass is 274 g/mol. The highest BCUT2D eigenvalue weighted by molar-refractivity contribution is 5.73. The second-order valence-electron chi connectivity index (χ2n) is 5.36. The SMILES string of the molecule is CN(Cc1ccc(O)cc1)C(=O)NCC1CC=CCC1. The van der Waals surface area contributed by atoms with Crippen molar-refractivity contribution in [1.29, 1.82) is 0 Å². The molecule has 1 atom stereocenters. The van der Waals surface area contributed by atoms with Gasteiger partial charge in [-0.1, -0.05) is 24.3 Å². The summed E-state index contributed by atoms with van der Waals surface area (Å²) in [6, 6.07) is 6.87. The first-order valence-corrected chi connectivity index (χ1v) is 7.07. The Bertz CT molecular complexity index is 468. The van der Waals surface area contributed by atoms with Gasteiger partial charge in [0.2, 0.25) is 0 Å². The highest BCUT2D eigenvalue weighted by atomic mass is 16.3. The van der Waals surface area contributed by atoms with Crippen LogP contribution in [0.4, 0.5) is 4.79 Å². The third-order valence-corrected chi connectivity index (χ3v) is 3.62. The maximum absolute atomic E-state index is 12.0. The normalized spacial score (nSPS) is 17.8. The minimum Gasteiger partial charge on any atom is -0.508 e. The molecule has 108 valence electrons. The number of carbonyl (C=O) groups excluding carboxylic acids is 1. The number of phenols is 1. The minimum atomic E-state index is -0.0485. The molecule has 1 aromatic rings. The van der Waals surface area contributed by atoms with Crippen LogP contribution in [0.2, 0.25) is 0 Å². The summed E-state index contributed by atoms with van der Waals surface area (Å²) in [7, 11) is 1.78. The van der Waals surface area contributed by atoms with Crippen molar-refractivity contribution in [2.24, 2.45) is 5.92 Å². The molecule has 0 fully saturated rings. The molecular formula is C16H22N2O2. The summed E-state index contributed by atoms with van der Waals surface area (Å²) in [6.45, 7) is 1.28. The molecule has 0 aromatic heterocycles. The first-order valence-electron chi connectivity index (χ1n) is 7.07.